The minimum atomic E-state index is -1.21. The van der Waals surface area contributed by atoms with Crippen LogP contribution in [0.1, 0.15) is 65.0 Å². The molecule has 1 fully saturated rings. The maximum absolute atomic E-state index is 14.1. The van der Waals surface area contributed by atoms with Crippen molar-refractivity contribution in [3.05, 3.63) is 46.8 Å². The predicted octanol–water partition coefficient (Wildman–Crippen LogP) is 3.21. The lowest BCUT2D eigenvalue weighted by molar-refractivity contribution is -0.114. The van der Waals surface area contributed by atoms with Gasteiger partial charge in [0.15, 0.2) is 5.78 Å². The topological polar surface area (TPSA) is 134 Å². The lowest BCUT2D eigenvalue weighted by atomic mass is 10.1. The van der Waals surface area contributed by atoms with Gasteiger partial charge in [0.1, 0.15) is 23.8 Å². The van der Waals surface area contributed by atoms with Gasteiger partial charge in [0.2, 0.25) is 0 Å². The second-order valence-corrected chi connectivity index (χ2v) is 11.6. The van der Waals surface area contributed by atoms with Crippen LogP contribution in [0.4, 0.5) is 14.0 Å². The number of ether oxygens (including phenoxy) is 2. The van der Waals surface area contributed by atoms with Crippen molar-refractivity contribution < 1.29 is 33.4 Å². The molecule has 39 heavy (non-hydrogen) atoms. The Hall–Kier alpha value is -3.02. The Labute approximate surface area is 229 Å². The largest absolute Gasteiger partial charge is 0.445 e. The summed E-state index contributed by atoms with van der Waals surface area (Å²) in [6.45, 7) is 9.86. The molecule has 0 bridgehead atoms. The number of carbonyl (C=O) groups is 3. The van der Waals surface area contributed by atoms with Crippen molar-refractivity contribution >= 4 is 18.0 Å². The van der Waals surface area contributed by atoms with Crippen molar-refractivity contribution in [1.29, 1.82) is 0 Å². The molecule has 1 aromatic carbocycles. The first-order valence-electron chi connectivity index (χ1n) is 13.3. The third-order valence-corrected chi connectivity index (χ3v) is 6.62. The third kappa shape index (κ3) is 9.01. The number of nitrogens with one attached hydrogen (secondary N) is 1. The number of benzene rings is 1. The average Bonchev–Trinajstić information content (AvgIpc) is 3.41. The van der Waals surface area contributed by atoms with Gasteiger partial charge in [0.05, 0.1) is 12.6 Å². The molecule has 11 heteroatoms. The second-order valence-electron chi connectivity index (χ2n) is 11.6. The monoisotopic (exact) mass is 548 g/mol. The van der Waals surface area contributed by atoms with Crippen LogP contribution in [0.2, 0.25) is 0 Å². The number of likely N-dealkylation sites (tertiary alicyclic amines) is 1. The Bertz CT molecular complexity index is 1080. The fraction of sp³-hybridized carbons (Fsp3) is 0.607. The van der Waals surface area contributed by atoms with Crippen LogP contribution < -0.4 is 11.1 Å². The number of amides is 2. The lowest BCUT2D eigenvalue weighted by Crippen LogP contribution is -2.51. The summed E-state index contributed by atoms with van der Waals surface area (Å²) in [5, 5.41) is 13.1. The van der Waals surface area contributed by atoms with Crippen LogP contribution in [0.5, 0.6) is 0 Å². The minimum Gasteiger partial charge on any atom is -0.445 e. The Morgan fingerprint density at radius 3 is 2.59 bits per heavy atom. The molecule has 1 saturated heterocycles. The number of nitrogens with zero attached hydrogens (tertiary/aromatic N) is 2. The number of hydrogen-bond acceptors (Lipinski definition) is 8. The smallest absolute Gasteiger partial charge is 0.410 e. The van der Waals surface area contributed by atoms with Gasteiger partial charge in [-0.05, 0) is 58.7 Å². The Balaban J connectivity index is 1.65. The summed E-state index contributed by atoms with van der Waals surface area (Å²) in [6, 6.07) is 3.74. The van der Waals surface area contributed by atoms with Gasteiger partial charge in [-0.3, -0.25) is 14.6 Å². The molecule has 4 atom stereocenters. The number of fused-ring (bicyclic) bond motifs is 1. The lowest BCUT2D eigenvalue weighted by Gasteiger charge is -2.31. The summed E-state index contributed by atoms with van der Waals surface area (Å²) in [5.74, 6) is -0.412. The number of halogens is 1. The van der Waals surface area contributed by atoms with Crippen LogP contribution in [0.3, 0.4) is 0 Å². The summed E-state index contributed by atoms with van der Waals surface area (Å²) in [7, 11) is 0. The van der Waals surface area contributed by atoms with Crippen LogP contribution in [-0.2, 0) is 27.4 Å². The van der Waals surface area contributed by atoms with E-state index >= 15 is 0 Å². The second kappa shape index (κ2) is 12.9. The van der Waals surface area contributed by atoms with Crippen LogP contribution in [-0.4, -0.2) is 76.0 Å². The fourth-order valence-corrected chi connectivity index (χ4v) is 4.94. The van der Waals surface area contributed by atoms with Crippen LogP contribution in [0.15, 0.2) is 29.8 Å². The highest BCUT2D eigenvalue weighted by Crippen LogP contribution is 2.28. The van der Waals surface area contributed by atoms with Crippen LogP contribution in [0, 0.1) is 5.82 Å². The van der Waals surface area contributed by atoms with Gasteiger partial charge in [-0.25, -0.2) is 14.0 Å². The van der Waals surface area contributed by atoms with Crippen LogP contribution in [0.25, 0.3) is 0 Å². The van der Waals surface area contributed by atoms with Crippen molar-refractivity contribution in [3.8, 4) is 0 Å². The zero-order chi connectivity index (χ0) is 28.9. The molecule has 4 N–H and O–H groups in total. The van der Waals surface area contributed by atoms with Gasteiger partial charge in [-0.1, -0.05) is 17.7 Å². The number of ketones is 1. The molecule has 0 aliphatic carbocycles. The van der Waals surface area contributed by atoms with Gasteiger partial charge in [-0.2, -0.15) is 0 Å². The van der Waals surface area contributed by atoms with Crippen molar-refractivity contribution in [2.75, 3.05) is 13.1 Å². The normalized spacial score (nSPS) is 20.7. The SMILES string of the molecule is CC(C)=CC(=O)CC[C@@H](CN1C[C@H](OC(=O)N2Cc3cccc(F)c3C2)CC1C(N)O)NC(=O)OC(C)(C)C. The highest BCUT2D eigenvalue weighted by atomic mass is 19.1. The number of rotatable bonds is 9. The number of nitrogens with two attached hydrogens (primary N) is 1. The molecule has 2 amide bonds. The quantitative estimate of drug-likeness (QED) is 0.316. The Morgan fingerprint density at radius 2 is 1.97 bits per heavy atom. The van der Waals surface area contributed by atoms with Crippen molar-refractivity contribution in [3.63, 3.8) is 0 Å². The molecule has 2 heterocycles. The molecular formula is C28H41FN4O6. The van der Waals surface area contributed by atoms with E-state index in [1.807, 2.05) is 18.7 Å². The van der Waals surface area contributed by atoms with E-state index in [1.165, 1.54) is 11.0 Å². The summed E-state index contributed by atoms with van der Waals surface area (Å²) >= 11 is 0. The van der Waals surface area contributed by atoms with E-state index in [0.29, 0.717) is 12.0 Å². The summed E-state index contributed by atoms with van der Waals surface area (Å²) in [5.41, 5.74) is 7.27. The highest BCUT2D eigenvalue weighted by Gasteiger charge is 2.40. The summed E-state index contributed by atoms with van der Waals surface area (Å²) < 4.78 is 25.2. The van der Waals surface area contributed by atoms with E-state index < -0.39 is 42.2 Å². The predicted molar refractivity (Wildman–Crippen MR) is 143 cm³/mol. The van der Waals surface area contributed by atoms with Gasteiger partial charge < -0.3 is 25.6 Å². The standard InChI is InChI=1S/C28H41FN4O6/c1-17(2)11-20(34)10-9-19(31-26(36)39-28(3,4)5)14-32-15-21(12-24(32)25(30)35)38-27(37)33-13-18-7-6-8-23(29)22(18)16-33/h6-8,11,19,21,24-25,35H,9-10,12-16,30H2,1-5H3,(H,31,36)/t19-,21+,24?,25?/m0/s1. The van der Waals surface area contributed by atoms with Crippen LogP contribution >= 0.6 is 0 Å². The van der Waals surface area contributed by atoms with Crippen molar-refractivity contribution in [1.82, 2.24) is 15.1 Å². The third-order valence-electron chi connectivity index (χ3n) is 6.62. The van der Waals surface area contributed by atoms with E-state index in [1.54, 1.807) is 39.0 Å². The Kier molecular flexibility index (Phi) is 10.1. The van der Waals surface area contributed by atoms with Gasteiger partial charge in [0, 0.05) is 44.1 Å². The first-order chi connectivity index (χ1) is 18.2. The molecule has 0 saturated carbocycles. The molecule has 3 rings (SSSR count). The van der Waals surface area contributed by atoms with Gasteiger partial charge >= 0.3 is 12.2 Å². The molecule has 2 aliphatic rings. The van der Waals surface area contributed by atoms with Crippen molar-refractivity contribution in [2.24, 2.45) is 5.73 Å². The molecule has 2 aliphatic heterocycles. The number of allylic oxidation sites excluding steroid dienone is 2. The zero-order valence-electron chi connectivity index (χ0n) is 23.4. The molecule has 10 nitrogen and oxygen atoms in total. The summed E-state index contributed by atoms with van der Waals surface area (Å²) in [6.07, 6.45) is -0.571. The van der Waals surface area contributed by atoms with E-state index in [0.717, 1.165) is 11.1 Å². The van der Waals surface area contributed by atoms with Crippen molar-refractivity contribution in [2.45, 2.75) is 97.0 Å². The van der Waals surface area contributed by atoms with E-state index in [9.17, 15) is 23.9 Å². The molecule has 0 aromatic heterocycles. The number of hydrogen-bond donors (Lipinski definition) is 3. The molecular weight excluding hydrogens is 507 g/mol. The molecule has 1 aromatic rings. The fourth-order valence-electron chi connectivity index (χ4n) is 4.94. The number of aliphatic hydroxyl groups excluding tert-OH is 1. The zero-order valence-corrected chi connectivity index (χ0v) is 23.4. The van der Waals surface area contributed by atoms with E-state index in [-0.39, 0.29) is 50.6 Å². The maximum Gasteiger partial charge on any atom is 0.410 e. The van der Waals surface area contributed by atoms with E-state index in [2.05, 4.69) is 5.32 Å². The number of aliphatic hydroxyl groups is 1. The van der Waals surface area contributed by atoms with Gasteiger partial charge in [-0.15, -0.1) is 0 Å². The van der Waals surface area contributed by atoms with Gasteiger partial charge in [0.25, 0.3) is 0 Å². The first kappa shape index (κ1) is 30.5. The molecule has 216 valence electrons. The summed E-state index contributed by atoms with van der Waals surface area (Å²) in [4.78, 5) is 41.0. The molecule has 0 radical (unpaired) electrons. The maximum atomic E-state index is 14.1. The van der Waals surface area contributed by atoms with E-state index in [4.69, 9.17) is 15.2 Å². The number of alkyl carbamates (subject to hydrolysis) is 1. The molecule has 0 spiro atoms. The number of carbonyl (C=O) groups excluding carboxylic acids is 3. The average molecular weight is 549 g/mol. The first-order valence-corrected chi connectivity index (χ1v) is 13.3. The molecule has 2 unspecified atom stereocenters. The minimum absolute atomic E-state index is 0.0577. The highest BCUT2D eigenvalue weighted by molar-refractivity contribution is 5.90. The Morgan fingerprint density at radius 1 is 1.26 bits per heavy atom.